The molecule has 0 saturated carbocycles. The predicted molar refractivity (Wildman–Crippen MR) is 82.4 cm³/mol. The molecule has 0 bridgehead atoms. The van der Waals surface area contributed by atoms with Crippen molar-refractivity contribution in [2.75, 3.05) is 19.8 Å². The number of halogens is 1. The molecule has 0 amide bonds. The van der Waals surface area contributed by atoms with Crippen molar-refractivity contribution in [3.63, 3.8) is 0 Å². The average molecular weight is 327 g/mol. The van der Waals surface area contributed by atoms with Crippen molar-refractivity contribution in [3.05, 3.63) is 34.3 Å². The maximum atomic E-state index is 5.49. The number of hydrogen-bond donors (Lipinski definition) is 2. The van der Waals surface area contributed by atoms with Gasteiger partial charge in [0.25, 0.3) is 0 Å². The van der Waals surface area contributed by atoms with E-state index in [9.17, 15) is 0 Å². The van der Waals surface area contributed by atoms with Gasteiger partial charge in [0.15, 0.2) is 0 Å². The van der Waals surface area contributed by atoms with E-state index in [1.807, 2.05) is 0 Å². The van der Waals surface area contributed by atoms with Crippen LogP contribution in [0.2, 0.25) is 0 Å². The molecule has 1 saturated heterocycles. The fourth-order valence-electron chi connectivity index (χ4n) is 2.56. The minimum atomic E-state index is 0.358. The van der Waals surface area contributed by atoms with Gasteiger partial charge >= 0.3 is 0 Å². The number of hydrogen-bond acceptors (Lipinski definition) is 3. The highest BCUT2D eigenvalue weighted by Crippen LogP contribution is 2.18. The summed E-state index contributed by atoms with van der Waals surface area (Å²) in [6.07, 6.45) is 1.10. The van der Waals surface area contributed by atoms with E-state index in [-0.39, 0.29) is 0 Å². The van der Waals surface area contributed by atoms with Crippen molar-refractivity contribution in [1.82, 2.24) is 10.6 Å². The number of nitrogens with one attached hydrogen (secondary N) is 2. The van der Waals surface area contributed by atoms with Crippen LogP contribution in [0.3, 0.4) is 0 Å². The van der Waals surface area contributed by atoms with Crippen LogP contribution in [0, 0.1) is 0 Å². The summed E-state index contributed by atoms with van der Waals surface area (Å²) in [5.74, 6) is 0. The molecular weight excluding hydrogens is 304 g/mol. The summed E-state index contributed by atoms with van der Waals surface area (Å²) in [5, 5.41) is 7.15. The first-order valence-corrected chi connectivity index (χ1v) is 7.77. The van der Waals surface area contributed by atoms with Crippen molar-refractivity contribution < 1.29 is 4.74 Å². The summed E-state index contributed by atoms with van der Waals surface area (Å²) >= 11 is 3.52. The molecule has 0 aliphatic carbocycles. The SMILES string of the molecule is CC(CC1COCCN1)N[C@H](C)c1cccc(Br)c1. The summed E-state index contributed by atoms with van der Waals surface area (Å²) in [6, 6.07) is 9.78. The Kier molecular flexibility index (Phi) is 5.82. The van der Waals surface area contributed by atoms with E-state index in [1.54, 1.807) is 0 Å². The maximum absolute atomic E-state index is 5.49. The molecular formula is C15H23BrN2O. The second-order valence-corrected chi connectivity index (χ2v) is 6.22. The molecule has 0 radical (unpaired) electrons. The Morgan fingerprint density at radius 2 is 2.32 bits per heavy atom. The van der Waals surface area contributed by atoms with E-state index in [4.69, 9.17) is 4.74 Å². The van der Waals surface area contributed by atoms with E-state index >= 15 is 0 Å². The number of ether oxygens (including phenoxy) is 1. The van der Waals surface area contributed by atoms with Gasteiger partial charge in [-0.2, -0.15) is 0 Å². The fourth-order valence-corrected chi connectivity index (χ4v) is 2.98. The lowest BCUT2D eigenvalue weighted by atomic mass is 10.0. The minimum absolute atomic E-state index is 0.358. The van der Waals surface area contributed by atoms with Crippen LogP contribution in [-0.2, 0) is 4.74 Å². The third-order valence-corrected chi connectivity index (χ3v) is 4.01. The van der Waals surface area contributed by atoms with E-state index in [1.165, 1.54) is 5.56 Å². The highest BCUT2D eigenvalue weighted by Gasteiger charge is 2.17. The molecule has 2 rings (SSSR count). The van der Waals surface area contributed by atoms with Gasteiger partial charge < -0.3 is 15.4 Å². The smallest absolute Gasteiger partial charge is 0.0620 e. The fraction of sp³-hybridized carbons (Fsp3) is 0.600. The highest BCUT2D eigenvalue weighted by atomic mass is 79.9. The summed E-state index contributed by atoms with van der Waals surface area (Å²) < 4.78 is 6.62. The Balaban J connectivity index is 1.82. The summed E-state index contributed by atoms with van der Waals surface area (Å²) in [4.78, 5) is 0. The van der Waals surface area contributed by atoms with Gasteiger partial charge in [0.2, 0.25) is 0 Å². The van der Waals surface area contributed by atoms with Gasteiger partial charge in [-0.15, -0.1) is 0 Å². The van der Waals surface area contributed by atoms with Gasteiger partial charge in [-0.05, 0) is 38.0 Å². The van der Waals surface area contributed by atoms with Crippen LogP contribution in [0.5, 0.6) is 0 Å². The zero-order chi connectivity index (χ0) is 13.7. The Bertz CT molecular complexity index is 393. The molecule has 4 heteroatoms. The predicted octanol–water partition coefficient (Wildman–Crippen LogP) is 2.87. The minimum Gasteiger partial charge on any atom is -0.379 e. The molecule has 3 nitrogen and oxygen atoms in total. The van der Waals surface area contributed by atoms with Gasteiger partial charge in [0, 0.05) is 29.1 Å². The van der Waals surface area contributed by atoms with E-state index in [0.29, 0.717) is 18.1 Å². The molecule has 1 aliphatic rings. The largest absolute Gasteiger partial charge is 0.379 e. The van der Waals surface area contributed by atoms with E-state index in [2.05, 4.69) is 64.7 Å². The lowest BCUT2D eigenvalue weighted by Gasteiger charge is -2.28. The van der Waals surface area contributed by atoms with Crippen molar-refractivity contribution in [2.24, 2.45) is 0 Å². The number of benzene rings is 1. The molecule has 1 fully saturated rings. The van der Waals surface area contributed by atoms with Crippen LogP contribution in [0.25, 0.3) is 0 Å². The topological polar surface area (TPSA) is 33.3 Å². The van der Waals surface area contributed by atoms with Crippen molar-refractivity contribution in [1.29, 1.82) is 0 Å². The Labute approximate surface area is 124 Å². The van der Waals surface area contributed by atoms with Crippen molar-refractivity contribution in [2.45, 2.75) is 38.4 Å². The van der Waals surface area contributed by atoms with Gasteiger partial charge in [-0.1, -0.05) is 28.1 Å². The first-order valence-electron chi connectivity index (χ1n) is 6.98. The Morgan fingerprint density at radius 1 is 1.47 bits per heavy atom. The monoisotopic (exact) mass is 326 g/mol. The van der Waals surface area contributed by atoms with Crippen molar-refractivity contribution in [3.8, 4) is 0 Å². The maximum Gasteiger partial charge on any atom is 0.0620 e. The zero-order valence-corrected chi connectivity index (χ0v) is 13.2. The normalized spacial score (nSPS) is 23.0. The van der Waals surface area contributed by atoms with Crippen LogP contribution in [0.4, 0.5) is 0 Å². The van der Waals surface area contributed by atoms with Crippen LogP contribution in [0.1, 0.15) is 31.9 Å². The second-order valence-electron chi connectivity index (χ2n) is 5.31. The molecule has 2 N–H and O–H groups in total. The second kappa shape index (κ2) is 7.39. The van der Waals surface area contributed by atoms with Crippen LogP contribution in [0.15, 0.2) is 28.7 Å². The lowest BCUT2D eigenvalue weighted by Crippen LogP contribution is -2.45. The Morgan fingerprint density at radius 3 is 3.00 bits per heavy atom. The standard InChI is InChI=1S/C15H23BrN2O/c1-11(8-15-10-19-7-6-17-15)18-12(2)13-4-3-5-14(16)9-13/h3-5,9,11-12,15,17-18H,6-8,10H2,1-2H3/t11?,12-,15?/m1/s1. The molecule has 1 aromatic rings. The summed E-state index contributed by atoms with van der Waals surface area (Å²) in [7, 11) is 0. The summed E-state index contributed by atoms with van der Waals surface area (Å²) in [5.41, 5.74) is 1.31. The molecule has 1 heterocycles. The molecule has 0 spiro atoms. The van der Waals surface area contributed by atoms with Crippen LogP contribution < -0.4 is 10.6 Å². The van der Waals surface area contributed by atoms with Gasteiger partial charge in [0.05, 0.1) is 13.2 Å². The average Bonchev–Trinajstić information content (AvgIpc) is 2.39. The third-order valence-electron chi connectivity index (χ3n) is 3.52. The molecule has 0 aromatic heterocycles. The van der Waals surface area contributed by atoms with Crippen LogP contribution in [-0.4, -0.2) is 31.8 Å². The van der Waals surface area contributed by atoms with E-state index < -0.39 is 0 Å². The van der Waals surface area contributed by atoms with Crippen LogP contribution >= 0.6 is 15.9 Å². The molecule has 1 aliphatic heterocycles. The zero-order valence-electron chi connectivity index (χ0n) is 11.7. The number of morpholine rings is 1. The van der Waals surface area contributed by atoms with Crippen molar-refractivity contribution >= 4 is 15.9 Å². The van der Waals surface area contributed by atoms with Gasteiger partial charge in [-0.25, -0.2) is 0 Å². The molecule has 3 atom stereocenters. The Hall–Kier alpha value is -0.420. The molecule has 106 valence electrons. The molecule has 2 unspecified atom stereocenters. The molecule has 19 heavy (non-hydrogen) atoms. The third kappa shape index (κ3) is 4.88. The van der Waals surface area contributed by atoms with Gasteiger partial charge in [0.1, 0.15) is 0 Å². The lowest BCUT2D eigenvalue weighted by molar-refractivity contribution is 0.0708. The van der Waals surface area contributed by atoms with Gasteiger partial charge in [-0.3, -0.25) is 0 Å². The number of rotatable bonds is 5. The summed E-state index contributed by atoms with van der Waals surface area (Å²) in [6.45, 7) is 7.09. The molecule has 1 aromatic carbocycles. The quantitative estimate of drug-likeness (QED) is 0.872. The highest BCUT2D eigenvalue weighted by molar-refractivity contribution is 9.10. The first kappa shape index (κ1) is 15.0. The van der Waals surface area contributed by atoms with E-state index in [0.717, 1.165) is 30.7 Å². The first-order chi connectivity index (χ1) is 9.15.